The first-order chi connectivity index (χ1) is 15.6. The Morgan fingerprint density at radius 2 is 1.38 bits per heavy atom. The van der Waals surface area contributed by atoms with Crippen LogP contribution >= 0.6 is 0 Å². The van der Waals surface area contributed by atoms with Crippen LogP contribution in [0.2, 0.25) is 0 Å². The van der Waals surface area contributed by atoms with Crippen molar-refractivity contribution >= 4 is 29.4 Å². The minimum absolute atomic E-state index is 0.0893. The van der Waals surface area contributed by atoms with Crippen molar-refractivity contribution < 1.29 is 19.1 Å². The SMILES string of the molecule is O=C1C=C(c2ccccc2)C2(O1)C(=O)N(Cc1ccccc1)C(=O)/C2=C\c1ccccc1. The molecule has 1 atom stereocenters. The molecule has 3 aromatic carbocycles. The molecule has 1 fully saturated rings. The van der Waals surface area contributed by atoms with E-state index in [9.17, 15) is 14.4 Å². The number of carbonyl (C=O) groups excluding carboxylic acids is 3. The normalized spacial score (nSPS) is 21.4. The molecule has 5 heteroatoms. The zero-order valence-electron chi connectivity index (χ0n) is 17.1. The molecule has 1 spiro atoms. The van der Waals surface area contributed by atoms with Crippen molar-refractivity contribution in [1.29, 1.82) is 0 Å². The third-order valence-corrected chi connectivity index (χ3v) is 5.68. The maximum absolute atomic E-state index is 13.8. The summed E-state index contributed by atoms with van der Waals surface area (Å²) >= 11 is 0. The summed E-state index contributed by atoms with van der Waals surface area (Å²) in [5.74, 6) is -1.68. The lowest BCUT2D eigenvalue weighted by Crippen LogP contribution is -2.42. The number of imide groups is 1. The molecule has 5 nitrogen and oxygen atoms in total. The number of hydrogen-bond donors (Lipinski definition) is 0. The van der Waals surface area contributed by atoms with E-state index in [1.165, 1.54) is 11.0 Å². The van der Waals surface area contributed by atoms with Gasteiger partial charge in [0.2, 0.25) is 5.60 Å². The van der Waals surface area contributed by atoms with E-state index in [0.29, 0.717) is 11.1 Å². The van der Waals surface area contributed by atoms with Crippen molar-refractivity contribution in [1.82, 2.24) is 4.90 Å². The molecule has 5 rings (SSSR count). The van der Waals surface area contributed by atoms with E-state index in [-0.39, 0.29) is 12.1 Å². The van der Waals surface area contributed by atoms with E-state index in [2.05, 4.69) is 0 Å². The van der Waals surface area contributed by atoms with Gasteiger partial charge < -0.3 is 4.74 Å². The van der Waals surface area contributed by atoms with E-state index in [0.717, 1.165) is 11.1 Å². The molecule has 2 aliphatic heterocycles. The predicted molar refractivity (Wildman–Crippen MR) is 120 cm³/mol. The van der Waals surface area contributed by atoms with Crippen LogP contribution in [0.4, 0.5) is 0 Å². The molecule has 32 heavy (non-hydrogen) atoms. The van der Waals surface area contributed by atoms with Crippen LogP contribution in [-0.4, -0.2) is 28.3 Å². The van der Waals surface area contributed by atoms with Gasteiger partial charge in [0, 0.05) is 11.6 Å². The zero-order chi connectivity index (χ0) is 22.1. The Bertz CT molecular complexity index is 1260. The predicted octanol–water partition coefficient (Wildman–Crippen LogP) is 4.02. The molecule has 2 heterocycles. The number of amides is 2. The van der Waals surface area contributed by atoms with Crippen LogP contribution in [0.15, 0.2) is 103 Å². The summed E-state index contributed by atoms with van der Waals surface area (Å²) in [5, 5.41) is 0. The molecule has 156 valence electrons. The van der Waals surface area contributed by atoms with Crippen LogP contribution in [-0.2, 0) is 25.7 Å². The Morgan fingerprint density at radius 3 is 2.03 bits per heavy atom. The summed E-state index contributed by atoms with van der Waals surface area (Å²) in [7, 11) is 0. The Balaban J connectivity index is 1.68. The number of benzene rings is 3. The highest BCUT2D eigenvalue weighted by molar-refractivity contribution is 6.29. The molecule has 3 aromatic rings. The summed E-state index contributed by atoms with van der Waals surface area (Å²) in [5.41, 5.74) is 0.893. The number of likely N-dealkylation sites (tertiary alicyclic amines) is 1. The Morgan fingerprint density at radius 1 is 0.781 bits per heavy atom. The largest absolute Gasteiger partial charge is 0.435 e. The van der Waals surface area contributed by atoms with Gasteiger partial charge in [-0.25, -0.2) is 4.79 Å². The maximum Gasteiger partial charge on any atom is 0.332 e. The first kappa shape index (κ1) is 19.7. The third-order valence-electron chi connectivity index (χ3n) is 5.68. The summed E-state index contributed by atoms with van der Waals surface area (Å²) in [4.78, 5) is 41.1. The van der Waals surface area contributed by atoms with E-state index in [1.54, 1.807) is 18.2 Å². The van der Waals surface area contributed by atoms with Crippen molar-refractivity contribution in [3.05, 3.63) is 119 Å². The zero-order valence-corrected chi connectivity index (χ0v) is 17.1. The van der Waals surface area contributed by atoms with Crippen molar-refractivity contribution in [2.75, 3.05) is 0 Å². The van der Waals surface area contributed by atoms with Crippen LogP contribution in [0, 0.1) is 0 Å². The molecule has 0 aliphatic carbocycles. The van der Waals surface area contributed by atoms with Gasteiger partial charge in [-0.05, 0) is 22.8 Å². The van der Waals surface area contributed by atoms with E-state index in [4.69, 9.17) is 4.74 Å². The first-order valence-electron chi connectivity index (χ1n) is 10.3. The minimum atomic E-state index is -1.81. The fourth-order valence-corrected chi connectivity index (χ4v) is 4.20. The monoisotopic (exact) mass is 421 g/mol. The lowest BCUT2D eigenvalue weighted by atomic mass is 9.83. The van der Waals surface area contributed by atoms with Gasteiger partial charge in [0.1, 0.15) is 0 Å². The fourth-order valence-electron chi connectivity index (χ4n) is 4.20. The summed E-state index contributed by atoms with van der Waals surface area (Å²) in [6.45, 7) is 0.0893. The molecule has 0 N–H and O–H groups in total. The van der Waals surface area contributed by atoms with Crippen molar-refractivity contribution in [2.45, 2.75) is 12.1 Å². The van der Waals surface area contributed by atoms with Gasteiger partial charge in [0.25, 0.3) is 11.8 Å². The van der Waals surface area contributed by atoms with Gasteiger partial charge in [-0.15, -0.1) is 0 Å². The minimum Gasteiger partial charge on any atom is -0.435 e. The average Bonchev–Trinajstić information content (AvgIpc) is 3.27. The Hall–Kier alpha value is -4.25. The molecule has 0 aromatic heterocycles. The highest BCUT2D eigenvalue weighted by atomic mass is 16.6. The lowest BCUT2D eigenvalue weighted by molar-refractivity contribution is -0.155. The highest BCUT2D eigenvalue weighted by Gasteiger charge is 2.63. The van der Waals surface area contributed by atoms with Crippen LogP contribution < -0.4 is 0 Å². The number of hydrogen-bond acceptors (Lipinski definition) is 4. The van der Waals surface area contributed by atoms with Crippen molar-refractivity contribution in [2.24, 2.45) is 0 Å². The highest BCUT2D eigenvalue weighted by Crippen LogP contribution is 2.48. The summed E-state index contributed by atoms with van der Waals surface area (Å²) in [6, 6.07) is 27.6. The second-order valence-corrected chi connectivity index (χ2v) is 7.68. The van der Waals surface area contributed by atoms with Gasteiger partial charge in [0.15, 0.2) is 0 Å². The molecule has 0 bridgehead atoms. The smallest absolute Gasteiger partial charge is 0.332 e. The fraction of sp³-hybridized carbons (Fsp3) is 0.0741. The van der Waals surface area contributed by atoms with E-state index in [1.807, 2.05) is 78.9 Å². The van der Waals surface area contributed by atoms with Crippen molar-refractivity contribution in [3.8, 4) is 0 Å². The number of esters is 1. The van der Waals surface area contributed by atoms with Crippen molar-refractivity contribution in [3.63, 3.8) is 0 Å². The summed E-state index contributed by atoms with van der Waals surface area (Å²) in [6.07, 6.45) is 2.95. The lowest BCUT2D eigenvalue weighted by Gasteiger charge is -2.25. The number of rotatable bonds is 4. The quantitative estimate of drug-likeness (QED) is 0.363. The van der Waals surface area contributed by atoms with Crippen LogP contribution in [0.5, 0.6) is 0 Å². The number of ether oxygens (including phenoxy) is 1. The molecule has 0 saturated carbocycles. The first-order valence-corrected chi connectivity index (χ1v) is 10.3. The Kier molecular flexibility index (Phi) is 4.79. The van der Waals surface area contributed by atoms with Gasteiger partial charge in [-0.2, -0.15) is 0 Å². The van der Waals surface area contributed by atoms with Crippen LogP contribution in [0.1, 0.15) is 16.7 Å². The van der Waals surface area contributed by atoms with Crippen LogP contribution in [0.3, 0.4) is 0 Å². The molecular formula is C27H19NO4. The topological polar surface area (TPSA) is 63.7 Å². The Labute approximate surface area is 185 Å². The molecule has 0 radical (unpaired) electrons. The van der Waals surface area contributed by atoms with E-state index >= 15 is 0 Å². The van der Waals surface area contributed by atoms with Gasteiger partial charge in [-0.3, -0.25) is 14.5 Å². The average molecular weight is 421 g/mol. The summed E-state index contributed by atoms with van der Waals surface area (Å²) < 4.78 is 5.70. The molecular weight excluding hydrogens is 402 g/mol. The number of carbonyl (C=O) groups is 3. The maximum atomic E-state index is 13.8. The molecule has 2 aliphatic rings. The second-order valence-electron chi connectivity index (χ2n) is 7.68. The van der Waals surface area contributed by atoms with Gasteiger partial charge >= 0.3 is 5.97 Å². The van der Waals surface area contributed by atoms with Gasteiger partial charge in [-0.1, -0.05) is 91.0 Å². The molecule has 1 saturated heterocycles. The number of nitrogens with zero attached hydrogens (tertiary/aromatic N) is 1. The second kappa shape index (κ2) is 7.78. The molecule has 1 unspecified atom stereocenters. The van der Waals surface area contributed by atoms with E-state index < -0.39 is 23.4 Å². The third kappa shape index (κ3) is 3.15. The van der Waals surface area contributed by atoms with Crippen LogP contribution in [0.25, 0.3) is 11.6 Å². The molecule has 2 amide bonds. The van der Waals surface area contributed by atoms with Gasteiger partial charge in [0.05, 0.1) is 12.1 Å². The standard InChI is InChI=1S/C27H19NO4/c29-24-17-22(21-14-8-3-9-15-21)27(32-24)23(16-19-10-4-1-5-11-19)25(30)28(26(27)31)18-20-12-6-2-7-13-20/h1-17H,18H2/b23-16+.